The maximum absolute atomic E-state index is 13.3. The molecule has 11 nitrogen and oxygen atoms in total. The van der Waals surface area contributed by atoms with Gasteiger partial charge in [-0.15, -0.1) is 0 Å². The van der Waals surface area contributed by atoms with Crippen LogP contribution < -0.4 is 5.32 Å². The predicted octanol–water partition coefficient (Wildman–Crippen LogP) is 12.3. The summed E-state index contributed by atoms with van der Waals surface area (Å²) in [6.07, 6.45) is 41.9. The first-order chi connectivity index (χ1) is 33.2. The van der Waals surface area contributed by atoms with E-state index in [0.29, 0.717) is 12.8 Å². The van der Waals surface area contributed by atoms with Gasteiger partial charge in [0.05, 0.1) is 25.4 Å². The van der Waals surface area contributed by atoms with Crippen molar-refractivity contribution in [2.75, 3.05) is 13.2 Å². The van der Waals surface area contributed by atoms with Crippen LogP contribution in [0.2, 0.25) is 0 Å². The fourth-order valence-electron chi connectivity index (χ4n) is 8.70. The normalized spacial score (nSPS) is 20.1. The SMILES string of the molecule is CCCCCC/C=C\CCCCCCCCCC(=O)OC1C(OCC(NC(=O)C(O)CCCC/C=C\CCCCCCCC)C(O)/C=C/CCCCCCCCCCCC)OC(CO)C(O)C1O. The molecule has 11 heteroatoms. The summed E-state index contributed by atoms with van der Waals surface area (Å²) >= 11 is 0. The van der Waals surface area contributed by atoms with Gasteiger partial charge in [0.1, 0.15) is 24.4 Å². The van der Waals surface area contributed by atoms with Gasteiger partial charge in [0.2, 0.25) is 5.91 Å². The number of allylic oxidation sites excluding steroid dienone is 5. The highest BCUT2D eigenvalue weighted by atomic mass is 16.7. The lowest BCUT2D eigenvalue weighted by molar-refractivity contribution is -0.305. The maximum Gasteiger partial charge on any atom is 0.306 e. The van der Waals surface area contributed by atoms with Crippen LogP contribution in [0.4, 0.5) is 0 Å². The number of ether oxygens (including phenoxy) is 3. The molecule has 0 aromatic rings. The zero-order valence-electron chi connectivity index (χ0n) is 43.7. The third-order valence-corrected chi connectivity index (χ3v) is 13.3. The zero-order valence-corrected chi connectivity index (χ0v) is 43.7. The van der Waals surface area contributed by atoms with Crippen molar-refractivity contribution in [1.29, 1.82) is 0 Å². The molecule has 1 amide bonds. The molecule has 6 N–H and O–H groups in total. The Morgan fingerprint density at radius 2 is 0.971 bits per heavy atom. The predicted molar refractivity (Wildman–Crippen MR) is 278 cm³/mol. The number of aliphatic hydroxyl groups excluding tert-OH is 5. The number of carbonyl (C=O) groups excluding carboxylic acids is 2. The van der Waals surface area contributed by atoms with E-state index in [1.165, 1.54) is 135 Å². The van der Waals surface area contributed by atoms with Crippen LogP contribution in [0, 0.1) is 0 Å². The third-order valence-electron chi connectivity index (χ3n) is 13.3. The minimum atomic E-state index is -1.61. The van der Waals surface area contributed by atoms with Gasteiger partial charge in [0.15, 0.2) is 12.4 Å². The van der Waals surface area contributed by atoms with Crippen molar-refractivity contribution in [3.8, 4) is 0 Å². The number of aliphatic hydroxyl groups is 5. The number of hydrogen-bond donors (Lipinski definition) is 6. The summed E-state index contributed by atoms with van der Waals surface area (Å²) in [5.41, 5.74) is 0. The molecule has 1 heterocycles. The summed E-state index contributed by atoms with van der Waals surface area (Å²) in [6, 6.07) is -1.03. The number of unbranched alkanes of at least 4 members (excludes halogenated alkanes) is 29. The maximum atomic E-state index is 13.3. The summed E-state index contributed by atoms with van der Waals surface area (Å²) < 4.78 is 17.5. The summed E-state index contributed by atoms with van der Waals surface area (Å²) in [4.78, 5) is 26.4. The molecule has 0 saturated carbocycles. The number of hydrogen-bond acceptors (Lipinski definition) is 10. The molecule has 1 rings (SSSR count). The molecule has 0 spiro atoms. The Labute approximate surface area is 415 Å². The van der Waals surface area contributed by atoms with Gasteiger partial charge in [-0.2, -0.15) is 0 Å². The molecule has 0 bridgehead atoms. The Kier molecular flexibility index (Phi) is 43.2. The van der Waals surface area contributed by atoms with Crippen LogP contribution in [-0.4, -0.2) is 99.6 Å². The number of amides is 1. The van der Waals surface area contributed by atoms with E-state index in [1.807, 2.05) is 6.08 Å². The molecule has 1 fully saturated rings. The third kappa shape index (κ3) is 34.2. The summed E-state index contributed by atoms with van der Waals surface area (Å²) in [7, 11) is 0. The van der Waals surface area contributed by atoms with E-state index >= 15 is 0 Å². The molecule has 1 aliphatic heterocycles. The molecule has 1 aliphatic rings. The fraction of sp³-hybridized carbons (Fsp3) is 0.860. The van der Waals surface area contributed by atoms with Gasteiger partial charge in [0.25, 0.3) is 0 Å². The van der Waals surface area contributed by atoms with Crippen molar-refractivity contribution in [3.63, 3.8) is 0 Å². The largest absolute Gasteiger partial charge is 0.454 e. The van der Waals surface area contributed by atoms with Gasteiger partial charge in [-0.1, -0.05) is 205 Å². The van der Waals surface area contributed by atoms with Crippen molar-refractivity contribution in [1.82, 2.24) is 5.32 Å². The van der Waals surface area contributed by atoms with E-state index < -0.39 is 67.4 Å². The molecule has 68 heavy (non-hydrogen) atoms. The Morgan fingerprint density at radius 1 is 0.559 bits per heavy atom. The fourth-order valence-corrected chi connectivity index (χ4v) is 8.70. The summed E-state index contributed by atoms with van der Waals surface area (Å²) in [6.45, 7) is 5.74. The molecule has 0 aliphatic carbocycles. The summed E-state index contributed by atoms with van der Waals surface area (Å²) in [5, 5.41) is 56.7. The monoisotopic (exact) mass is 964 g/mol. The standard InChI is InChI=1S/C57H105NO10/c1-4-7-10-13-16-19-22-25-26-27-30-33-36-39-42-45-52(62)68-55-54(64)53(63)51(46-59)67-57(55)66-47-48(49(60)43-40-37-34-31-28-23-20-17-14-11-8-5-2)58-56(65)50(61)44-41-38-35-32-29-24-21-18-15-12-9-6-3/h19,22,29,32,40,43,48-51,53-55,57,59-61,63-64H,4-18,20-21,23-28,30-31,33-39,41-42,44-47H2,1-3H3,(H,58,65)/b22-19-,32-29-,43-40+. The minimum Gasteiger partial charge on any atom is -0.454 e. The molecule has 0 aromatic carbocycles. The average molecular weight is 964 g/mol. The Balaban J connectivity index is 2.75. The molecule has 0 radical (unpaired) electrons. The first-order valence-electron chi connectivity index (χ1n) is 28.3. The highest BCUT2D eigenvalue weighted by molar-refractivity contribution is 5.80. The number of nitrogens with one attached hydrogen (secondary N) is 1. The van der Waals surface area contributed by atoms with Gasteiger partial charge in [0, 0.05) is 6.42 Å². The van der Waals surface area contributed by atoms with Crippen molar-refractivity contribution in [3.05, 3.63) is 36.5 Å². The molecular weight excluding hydrogens is 859 g/mol. The lowest BCUT2D eigenvalue weighted by Gasteiger charge is -2.41. The van der Waals surface area contributed by atoms with E-state index in [9.17, 15) is 35.1 Å². The lowest BCUT2D eigenvalue weighted by atomic mass is 9.99. The van der Waals surface area contributed by atoms with Gasteiger partial charge < -0.3 is 45.1 Å². The van der Waals surface area contributed by atoms with Crippen molar-refractivity contribution >= 4 is 11.9 Å². The van der Waals surface area contributed by atoms with E-state index in [1.54, 1.807) is 6.08 Å². The van der Waals surface area contributed by atoms with Crippen LogP contribution in [0.25, 0.3) is 0 Å². The second-order valence-corrected chi connectivity index (χ2v) is 19.7. The van der Waals surface area contributed by atoms with E-state index in [-0.39, 0.29) is 19.4 Å². The minimum absolute atomic E-state index is 0.118. The average Bonchev–Trinajstić information content (AvgIpc) is 3.33. The van der Waals surface area contributed by atoms with Crippen molar-refractivity contribution in [2.24, 2.45) is 0 Å². The van der Waals surface area contributed by atoms with Crippen LogP contribution in [0.1, 0.15) is 252 Å². The number of rotatable bonds is 47. The van der Waals surface area contributed by atoms with Gasteiger partial charge in [-0.3, -0.25) is 9.59 Å². The van der Waals surface area contributed by atoms with Gasteiger partial charge in [-0.25, -0.2) is 0 Å². The van der Waals surface area contributed by atoms with Crippen molar-refractivity contribution < 1.29 is 49.3 Å². The highest BCUT2D eigenvalue weighted by Crippen LogP contribution is 2.26. The number of esters is 1. The highest BCUT2D eigenvalue weighted by Gasteiger charge is 2.47. The zero-order chi connectivity index (χ0) is 49.7. The molecule has 8 unspecified atom stereocenters. The van der Waals surface area contributed by atoms with E-state index in [2.05, 4.69) is 50.4 Å². The molecular formula is C57H105NO10. The Bertz CT molecular complexity index is 1240. The quantitative estimate of drug-likeness (QED) is 0.0196. The lowest BCUT2D eigenvalue weighted by Crippen LogP contribution is -2.61. The molecule has 398 valence electrons. The first-order valence-corrected chi connectivity index (χ1v) is 28.3. The van der Waals surface area contributed by atoms with E-state index in [4.69, 9.17) is 14.2 Å². The molecule has 1 saturated heterocycles. The second-order valence-electron chi connectivity index (χ2n) is 19.7. The summed E-state index contributed by atoms with van der Waals surface area (Å²) in [5.74, 6) is -1.21. The van der Waals surface area contributed by atoms with E-state index in [0.717, 1.165) is 70.6 Å². The molecule has 8 atom stereocenters. The van der Waals surface area contributed by atoms with Crippen LogP contribution in [0.15, 0.2) is 36.5 Å². The Morgan fingerprint density at radius 3 is 1.44 bits per heavy atom. The van der Waals surface area contributed by atoms with Crippen LogP contribution >= 0.6 is 0 Å². The van der Waals surface area contributed by atoms with Gasteiger partial charge >= 0.3 is 5.97 Å². The van der Waals surface area contributed by atoms with Gasteiger partial charge in [-0.05, 0) is 77.0 Å². The number of carbonyl (C=O) groups is 2. The van der Waals surface area contributed by atoms with Crippen LogP contribution in [-0.2, 0) is 23.8 Å². The topological polar surface area (TPSA) is 175 Å². The van der Waals surface area contributed by atoms with Crippen LogP contribution in [0.3, 0.4) is 0 Å². The van der Waals surface area contributed by atoms with Crippen molar-refractivity contribution in [2.45, 2.75) is 301 Å². The first kappa shape index (κ1) is 63.9. The smallest absolute Gasteiger partial charge is 0.306 e. The Hall–Kier alpha value is -2.12. The second kappa shape index (κ2) is 46.0. The van der Waals surface area contributed by atoms with Crippen LogP contribution in [0.5, 0.6) is 0 Å². The molecule has 0 aromatic heterocycles.